The number of hydrogen-bond donors (Lipinski definition) is 16. The molecule has 1 unspecified atom stereocenters. The van der Waals surface area contributed by atoms with Crippen LogP contribution in [0.5, 0.6) is 0 Å². The molecule has 35 nitrogen and oxygen atoms in total. The molecule has 0 aromatic heterocycles. The van der Waals surface area contributed by atoms with E-state index in [1.54, 1.807) is 13.0 Å². The maximum Gasteiger partial charge on any atom is 0.474 e. The second kappa shape index (κ2) is 37.3. The topological polar surface area (TPSA) is 543 Å². The number of carboxylic acid groups (broad SMARTS) is 2. The third-order valence-corrected chi connectivity index (χ3v) is 17.8. The van der Waals surface area contributed by atoms with E-state index >= 15 is 0 Å². The van der Waals surface area contributed by atoms with Crippen molar-refractivity contribution in [1.29, 1.82) is 0 Å². The zero-order chi connectivity index (χ0) is 74.2. The Labute approximate surface area is 571 Å². The van der Waals surface area contributed by atoms with Crippen molar-refractivity contribution < 1.29 is 151 Å². The summed E-state index contributed by atoms with van der Waals surface area (Å²) in [6.45, 7) is 15.3. The Balaban J connectivity index is 1.31. The highest BCUT2D eigenvalue weighted by atomic mass is 31.2. The lowest BCUT2D eigenvalue weighted by atomic mass is 9.85. The molecule has 0 radical (unpaired) electrons. The van der Waals surface area contributed by atoms with Crippen molar-refractivity contribution in [2.75, 3.05) is 26.4 Å². The lowest BCUT2D eigenvalue weighted by molar-refractivity contribution is -0.372. The van der Waals surface area contributed by atoms with Gasteiger partial charge in [0, 0.05) is 26.7 Å². The van der Waals surface area contributed by atoms with Gasteiger partial charge < -0.3 is 125 Å². The van der Waals surface area contributed by atoms with Gasteiger partial charge in [-0.15, -0.1) is 0 Å². The lowest BCUT2D eigenvalue weighted by Gasteiger charge is -2.51. The molecule has 4 saturated heterocycles. The number of nitrogens with one attached hydrogen (secondary N) is 3. The summed E-state index contributed by atoms with van der Waals surface area (Å²) in [7, 11) is -5.79. The van der Waals surface area contributed by atoms with Crippen molar-refractivity contribution in [2.45, 2.75) is 248 Å². The first-order chi connectivity index (χ1) is 46.2. The van der Waals surface area contributed by atoms with Crippen molar-refractivity contribution in [3.8, 4) is 0 Å². The average molecular weight is 1440 g/mol. The van der Waals surface area contributed by atoms with E-state index in [4.69, 9.17) is 57.4 Å². The quantitative estimate of drug-likeness (QED) is 0.0287. The van der Waals surface area contributed by atoms with Gasteiger partial charge in [-0.1, -0.05) is 73.1 Å². The minimum atomic E-state index is -5.79. The van der Waals surface area contributed by atoms with Gasteiger partial charge in [-0.2, -0.15) is 0 Å². The van der Waals surface area contributed by atoms with Crippen LogP contribution >= 0.6 is 7.82 Å². The Morgan fingerprint density at radius 1 is 0.747 bits per heavy atom. The summed E-state index contributed by atoms with van der Waals surface area (Å²) in [5.41, 5.74) is 6.28. The SMILES string of the molecule is C=C(C/C=C(/C)CCC=C(C)C)CCC(C)(C)/C=C/CC/C(C)=C/CO[C@H](COP(=O)(O)O[C@H]1O[C@H](C(=O)O)[C@@](C)(O)[C@H](OC(N)=O)[C@H]1O[C@H]1O[C@H](CO)[C@@H](O[C@@H]2O[C@H](CO)[C@@H](O[C@@H]3O[C@H](C(=O)NC4=C(O)CCC4=O)[C@H](O)[C@H](O)[C@H]3O)[C@H](O)[C@H]2NC(C)=O)[C@H](O)[C@H]1NC(C)=O)C(=O)O. The van der Waals surface area contributed by atoms with Crippen LogP contribution in [0.25, 0.3) is 0 Å². The first kappa shape index (κ1) is 83.7. The zero-order valence-electron chi connectivity index (χ0n) is 56.5. The summed E-state index contributed by atoms with van der Waals surface area (Å²) in [6, 6.07) is -3.92. The summed E-state index contributed by atoms with van der Waals surface area (Å²) >= 11 is 0. The molecular formula is C63H97N4O31P. The van der Waals surface area contributed by atoms with Gasteiger partial charge in [-0.25, -0.2) is 18.9 Å². The van der Waals surface area contributed by atoms with E-state index in [-0.39, 0.29) is 24.9 Å². The number of aliphatic carboxylic acids is 2. The fourth-order valence-electron chi connectivity index (χ4n) is 11.2. The van der Waals surface area contributed by atoms with Gasteiger partial charge in [-0.3, -0.25) is 28.2 Å². The van der Waals surface area contributed by atoms with Crippen LogP contribution in [0.2, 0.25) is 0 Å². The van der Waals surface area contributed by atoms with E-state index in [0.29, 0.717) is 12.8 Å². The summed E-state index contributed by atoms with van der Waals surface area (Å²) in [4.78, 5) is 99.9. The van der Waals surface area contributed by atoms with Crippen molar-refractivity contribution in [3.05, 3.63) is 70.7 Å². The van der Waals surface area contributed by atoms with Crippen LogP contribution in [-0.4, -0.2) is 257 Å². The summed E-state index contributed by atoms with van der Waals surface area (Å²) in [5.74, 6) is -8.08. The van der Waals surface area contributed by atoms with Crippen molar-refractivity contribution >= 4 is 49.4 Å². The number of aliphatic hydroxyl groups excluding tert-OH is 8. The van der Waals surface area contributed by atoms with E-state index in [9.17, 15) is 99.2 Å². The number of carboxylic acids is 2. The van der Waals surface area contributed by atoms with Crippen molar-refractivity contribution in [1.82, 2.24) is 16.0 Å². The van der Waals surface area contributed by atoms with Gasteiger partial charge in [0.05, 0.1) is 26.4 Å². The van der Waals surface area contributed by atoms with Gasteiger partial charge in [-0.05, 0) is 85.0 Å². The monoisotopic (exact) mass is 1440 g/mol. The number of aliphatic hydroxyl groups is 9. The second-order valence-corrected chi connectivity index (χ2v) is 27.4. The van der Waals surface area contributed by atoms with Crippen LogP contribution in [0.1, 0.15) is 120 Å². The molecule has 5 rings (SSSR count). The van der Waals surface area contributed by atoms with E-state index < -0.39 is 209 Å². The average Bonchev–Trinajstić information content (AvgIpc) is 1.26. The number of carbonyl (C=O) groups excluding carboxylic acids is 5. The Kier molecular flexibility index (Phi) is 31.5. The molecule has 0 aromatic carbocycles. The standard InChI is InChI=1S/C63H97N4O31P/c1-29(2)14-13-16-30(3)17-18-32(5)21-24-62(8,9)23-12-11-15-31(4)22-25-88-39(55(80)81)28-89-99(86,87)98-60-51(52(97-61(64)84)63(10,85)53(96-60)56(82)83)95-58-42(66-34(7)71)43(74)48(37(26-68)91-58)92-57-41(65-33(6)70)44(75)49(38(27-69)90-57)93-59-47(78)45(76)46(77)50(94-59)54(79)67-40-35(72)19-20-36(40)73/h12,14,17,22-23,37-39,41-53,57-60,68-69,72,74-78,85H,5,11,13,15-16,18-21,24-28H2,1-4,6-10H3,(H2,64,84)(H,65,70)(H,66,71)(H,67,79)(H,80,81)(H,82,83)(H,86,87)/b23-12+,30-17-,31-22+/t37-,38-,39-,41-,42-,43-,44-,45+,46-,47-,48-,49-,50+,51-,52-,53-,57+,58-,59-,60-,63+/m1/s1. The van der Waals surface area contributed by atoms with Crippen LogP contribution in [0.3, 0.4) is 0 Å². The molecule has 0 saturated carbocycles. The molecule has 36 heteroatoms. The fourth-order valence-corrected chi connectivity index (χ4v) is 12.1. The molecule has 0 aromatic rings. The highest BCUT2D eigenvalue weighted by Crippen LogP contribution is 2.49. The predicted molar refractivity (Wildman–Crippen MR) is 339 cm³/mol. The van der Waals surface area contributed by atoms with Gasteiger partial charge in [0.25, 0.3) is 5.91 Å². The smallest absolute Gasteiger partial charge is 0.474 e. The number of Topliss-reactive ketones (excluding diaryl/α,β-unsaturated/α-hetero) is 1. The number of nitrogens with two attached hydrogens (primary N) is 1. The van der Waals surface area contributed by atoms with Gasteiger partial charge in [0.2, 0.25) is 11.8 Å². The number of phosphoric acid groups is 1. The van der Waals surface area contributed by atoms with Crippen molar-refractivity contribution in [3.63, 3.8) is 0 Å². The molecule has 4 aliphatic heterocycles. The summed E-state index contributed by atoms with van der Waals surface area (Å²) in [5, 5.41) is 127. The first-order valence-corrected chi connectivity index (χ1v) is 33.4. The molecular weight excluding hydrogens is 1340 g/mol. The molecule has 5 aliphatic rings. The van der Waals surface area contributed by atoms with Crippen molar-refractivity contribution in [2.24, 2.45) is 11.1 Å². The van der Waals surface area contributed by atoms with Crippen LogP contribution in [0.4, 0.5) is 4.79 Å². The number of hydrogen-bond acceptors (Lipinski definition) is 28. The molecule has 4 amide bonds. The highest BCUT2D eigenvalue weighted by Gasteiger charge is 2.63. The number of allylic oxidation sites excluding steroid dienone is 10. The Morgan fingerprint density at radius 3 is 1.82 bits per heavy atom. The van der Waals surface area contributed by atoms with E-state index in [2.05, 4.69) is 75.4 Å². The molecule has 0 spiro atoms. The maximum absolute atomic E-state index is 13.8. The van der Waals surface area contributed by atoms with Crippen LogP contribution in [0.15, 0.2) is 70.7 Å². The highest BCUT2D eigenvalue weighted by molar-refractivity contribution is 7.47. The first-order valence-electron chi connectivity index (χ1n) is 31.9. The molecule has 560 valence electrons. The second-order valence-electron chi connectivity index (χ2n) is 26.0. The molecule has 17 N–H and O–H groups in total. The van der Waals surface area contributed by atoms with Gasteiger partial charge in [0.15, 0.2) is 61.5 Å². The number of amides is 4. The Hall–Kier alpha value is -6.00. The van der Waals surface area contributed by atoms with E-state index in [0.717, 1.165) is 64.0 Å². The maximum atomic E-state index is 13.8. The minimum Gasteiger partial charge on any atom is -0.510 e. The van der Waals surface area contributed by atoms with E-state index in [1.807, 2.05) is 6.08 Å². The Bertz CT molecular complexity index is 3040. The largest absolute Gasteiger partial charge is 0.510 e. The molecule has 99 heavy (non-hydrogen) atoms. The predicted octanol–water partition coefficient (Wildman–Crippen LogP) is -0.280. The fraction of sp³-hybridized carbons (Fsp3) is 0.698. The summed E-state index contributed by atoms with van der Waals surface area (Å²) < 4.78 is 75.4. The van der Waals surface area contributed by atoms with Gasteiger partial charge in [0.1, 0.15) is 84.1 Å². The number of ketones is 1. The molecule has 0 bridgehead atoms. The number of phosphoric ester groups is 1. The number of carbonyl (C=O) groups is 7. The normalized spacial score (nSPS) is 33.3. The molecule has 4 fully saturated rings. The third kappa shape index (κ3) is 23.8. The molecule has 1 aliphatic carbocycles. The zero-order valence-corrected chi connectivity index (χ0v) is 57.4. The lowest BCUT2D eigenvalue weighted by Crippen LogP contribution is -2.72. The third-order valence-electron chi connectivity index (χ3n) is 16.8. The summed E-state index contributed by atoms with van der Waals surface area (Å²) in [6.07, 6.45) is -25.8. The number of ether oxygens (including phenoxy) is 9. The molecule has 4 heterocycles. The van der Waals surface area contributed by atoms with Gasteiger partial charge >= 0.3 is 25.9 Å². The molecule has 22 atom stereocenters. The Morgan fingerprint density at radius 2 is 1.30 bits per heavy atom. The minimum absolute atomic E-state index is 0.122. The van der Waals surface area contributed by atoms with Crippen LogP contribution in [-0.2, 0) is 85.0 Å². The van der Waals surface area contributed by atoms with E-state index in [1.165, 1.54) is 11.1 Å². The van der Waals surface area contributed by atoms with Crippen LogP contribution in [0, 0.1) is 5.41 Å². The number of rotatable bonds is 35. The number of primary amides is 1. The van der Waals surface area contributed by atoms with Crippen LogP contribution < -0.4 is 21.7 Å².